The van der Waals surface area contributed by atoms with Crippen LogP contribution in [0, 0.1) is 5.92 Å². The van der Waals surface area contributed by atoms with Crippen molar-refractivity contribution in [2.75, 3.05) is 50.4 Å². The third-order valence-corrected chi connectivity index (χ3v) is 6.39. The van der Waals surface area contributed by atoms with Gasteiger partial charge in [-0.15, -0.1) is 0 Å². The minimum absolute atomic E-state index is 0.148. The molecule has 2 fully saturated rings. The monoisotopic (exact) mass is 438 g/mol. The second-order valence-electron chi connectivity index (χ2n) is 8.73. The van der Waals surface area contributed by atoms with Crippen molar-refractivity contribution in [1.29, 1.82) is 0 Å². The molecule has 1 aliphatic carbocycles. The van der Waals surface area contributed by atoms with Crippen LogP contribution in [-0.4, -0.2) is 60.2 Å². The third kappa shape index (κ3) is 6.17. The molecule has 1 amide bonds. The first-order valence-electron chi connectivity index (χ1n) is 11.7. The first kappa shape index (κ1) is 22.5. The molecule has 32 heavy (non-hydrogen) atoms. The fourth-order valence-corrected chi connectivity index (χ4v) is 4.53. The number of morpholine rings is 1. The molecule has 4 rings (SSSR count). The summed E-state index contributed by atoms with van der Waals surface area (Å²) < 4.78 is 5.48. The van der Waals surface area contributed by atoms with Crippen LogP contribution in [-0.2, 0) is 4.74 Å². The lowest BCUT2D eigenvalue weighted by Gasteiger charge is -2.31. The van der Waals surface area contributed by atoms with E-state index in [1.54, 1.807) is 0 Å². The molecule has 2 aliphatic rings. The normalized spacial score (nSPS) is 18.8. The molecule has 8 heteroatoms. The highest BCUT2D eigenvalue weighted by molar-refractivity contribution is 5.98. The Bertz CT molecular complexity index is 866. The molecule has 1 atom stereocenters. The van der Waals surface area contributed by atoms with Gasteiger partial charge in [0.05, 0.1) is 19.3 Å². The van der Waals surface area contributed by atoms with Crippen molar-refractivity contribution >= 4 is 17.7 Å². The van der Waals surface area contributed by atoms with Gasteiger partial charge in [0.2, 0.25) is 5.95 Å². The zero-order valence-corrected chi connectivity index (χ0v) is 18.6. The molecule has 2 heterocycles. The number of ether oxygens (including phenoxy) is 1. The summed E-state index contributed by atoms with van der Waals surface area (Å²) in [6.07, 6.45) is 7.81. The van der Waals surface area contributed by atoms with Gasteiger partial charge in [-0.05, 0) is 24.3 Å². The predicted molar refractivity (Wildman–Crippen MR) is 125 cm³/mol. The molecular weight excluding hydrogens is 404 g/mol. The van der Waals surface area contributed by atoms with Crippen molar-refractivity contribution in [2.45, 2.75) is 38.1 Å². The number of nitrogens with zero attached hydrogens (tertiary/aromatic N) is 3. The Morgan fingerprint density at radius 2 is 1.91 bits per heavy atom. The highest BCUT2D eigenvalue weighted by Crippen LogP contribution is 2.25. The number of hydrogen-bond acceptors (Lipinski definition) is 7. The van der Waals surface area contributed by atoms with Crippen LogP contribution >= 0.6 is 0 Å². The molecule has 0 spiro atoms. The van der Waals surface area contributed by atoms with Crippen LogP contribution < -0.4 is 16.4 Å². The number of carbonyl (C=O) groups excluding carboxylic acids is 1. The van der Waals surface area contributed by atoms with E-state index in [9.17, 15) is 4.79 Å². The summed E-state index contributed by atoms with van der Waals surface area (Å²) in [4.78, 5) is 24.1. The molecular formula is C24H34N6O2. The van der Waals surface area contributed by atoms with Crippen LogP contribution in [0.3, 0.4) is 0 Å². The first-order chi connectivity index (χ1) is 15.7. The molecule has 4 N–H and O–H groups in total. The minimum Gasteiger partial charge on any atom is -0.379 e. The van der Waals surface area contributed by atoms with Crippen molar-refractivity contribution in [3.05, 3.63) is 47.7 Å². The summed E-state index contributed by atoms with van der Waals surface area (Å²) in [5.41, 5.74) is 7.34. The van der Waals surface area contributed by atoms with E-state index < -0.39 is 0 Å². The maximum Gasteiger partial charge on any atom is 0.257 e. The number of anilines is 2. The number of hydrogen-bond donors (Lipinski definition) is 3. The minimum atomic E-state index is -0.196. The summed E-state index contributed by atoms with van der Waals surface area (Å²) in [5, 5.41) is 6.59. The van der Waals surface area contributed by atoms with E-state index in [0.717, 1.165) is 45.0 Å². The summed E-state index contributed by atoms with van der Waals surface area (Å²) in [7, 11) is 0. The van der Waals surface area contributed by atoms with Gasteiger partial charge in [0.15, 0.2) is 0 Å². The van der Waals surface area contributed by atoms with Gasteiger partial charge in [-0.25, -0.2) is 4.98 Å². The van der Waals surface area contributed by atoms with E-state index in [4.69, 9.17) is 10.5 Å². The summed E-state index contributed by atoms with van der Waals surface area (Å²) in [5.74, 6) is 1.09. The van der Waals surface area contributed by atoms with Gasteiger partial charge in [-0.2, -0.15) is 4.98 Å². The van der Waals surface area contributed by atoms with Crippen molar-refractivity contribution in [1.82, 2.24) is 20.2 Å². The Morgan fingerprint density at radius 3 is 2.66 bits per heavy atom. The second kappa shape index (κ2) is 11.2. The molecule has 1 aromatic heterocycles. The Balaban J connectivity index is 1.48. The van der Waals surface area contributed by atoms with E-state index in [-0.39, 0.29) is 17.9 Å². The second-order valence-corrected chi connectivity index (χ2v) is 8.73. The lowest BCUT2D eigenvalue weighted by Crippen LogP contribution is -2.43. The van der Waals surface area contributed by atoms with E-state index in [1.165, 1.54) is 38.3 Å². The molecule has 1 saturated heterocycles. The Hall–Kier alpha value is -2.71. The predicted octanol–water partition coefficient (Wildman–Crippen LogP) is 2.85. The average molecular weight is 439 g/mol. The van der Waals surface area contributed by atoms with E-state index >= 15 is 0 Å². The zero-order chi connectivity index (χ0) is 22.2. The number of nitrogen functional groups attached to an aromatic ring is 1. The highest BCUT2D eigenvalue weighted by atomic mass is 16.5. The summed E-state index contributed by atoms with van der Waals surface area (Å²) in [6, 6.07) is 9.93. The smallest absolute Gasteiger partial charge is 0.257 e. The topological polar surface area (TPSA) is 105 Å². The molecule has 1 aliphatic heterocycles. The molecule has 0 radical (unpaired) electrons. The largest absolute Gasteiger partial charge is 0.379 e. The van der Waals surface area contributed by atoms with Gasteiger partial charge in [0, 0.05) is 32.4 Å². The number of nitrogens with one attached hydrogen (secondary N) is 2. The number of carbonyl (C=O) groups is 1. The third-order valence-electron chi connectivity index (χ3n) is 6.39. The number of aromatic nitrogens is 2. The van der Waals surface area contributed by atoms with Gasteiger partial charge in [-0.1, -0.05) is 49.6 Å². The van der Waals surface area contributed by atoms with Crippen LogP contribution in [0.4, 0.5) is 11.8 Å². The lowest BCUT2D eigenvalue weighted by molar-refractivity contribution is 0.0332. The van der Waals surface area contributed by atoms with Gasteiger partial charge in [0.25, 0.3) is 5.91 Å². The quantitative estimate of drug-likeness (QED) is 0.582. The lowest BCUT2D eigenvalue weighted by atomic mass is 9.89. The Kier molecular flexibility index (Phi) is 7.90. The fraction of sp³-hybridized carbons (Fsp3) is 0.542. The molecule has 1 saturated carbocycles. The van der Waals surface area contributed by atoms with Gasteiger partial charge < -0.3 is 21.1 Å². The number of nitrogens with two attached hydrogens (primary N) is 1. The summed E-state index contributed by atoms with van der Waals surface area (Å²) in [6.45, 7) is 4.68. The van der Waals surface area contributed by atoms with Crippen LogP contribution in [0.25, 0.3) is 0 Å². The van der Waals surface area contributed by atoms with E-state index in [0.29, 0.717) is 17.3 Å². The van der Waals surface area contributed by atoms with Gasteiger partial charge in [-0.3, -0.25) is 9.69 Å². The standard InChI is InChI=1S/C24H34N6O2/c25-24-27-16-20(22(29-24)26-15-18-7-3-1-4-8-18)23(31)28-21(19-9-5-2-6-10-19)17-30-11-13-32-14-12-30/h2,5-6,9-10,16,18,21H,1,3-4,7-8,11-15,17H2,(H,28,31)(H3,25,26,27,29). The van der Waals surface area contributed by atoms with Crippen LogP contribution in [0.5, 0.6) is 0 Å². The van der Waals surface area contributed by atoms with E-state index in [1.807, 2.05) is 30.3 Å². The average Bonchev–Trinajstić information content (AvgIpc) is 2.84. The van der Waals surface area contributed by atoms with E-state index in [2.05, 4.69) is 25.5 Å². The molecule has 172 valence electrons. The maximum atomic E-state index is 13.3. The van der Waals surface area contributed by atoms with Crippen LogP contribution in [0.15, 0.2) is 36.5 Å². The summed E-state index contributed by atoms with van der Waals surface area (Å²) >= 11 is 0. The number of rotatable bonds is 8. The van der Waals surface area contributed by atoms with Crippen molar-refractivity contribution in [3.8, 4) is 0 Å². The number of benzene rings is 1. The van der Waals surface area contributed by atoms with Crippen molar-refractivity contribution < 1.29 is 9.53 Å². The Morgan fingerprint density at radius 1 is 1.16 bits per heavy atom. The molecule has 8 nitrogen and oxygen atoms in total. The zero-order valence-electron chi connectivity index (χ0n) is 18.6. The maximum absolute atomic E-state index is 13.3. The SMILES string of the molecule is Nc1ncc(C(=O)NC(CN2CCOCC2)c2ccccc2)c(NCC2CCCCC2)n1. The Labute approximate surface area is 189 Å². The first-order valence-corrected chi connectivity index (χ1v) is 11.7. The van der Waals surface area contributed by atoms with Gasteiger partial charge >= 0.3 is 0 Å². The number of amides is 1. The highest BCUT2D eigenvalue weighted by Gasteiger charge is 2.23. The molecule has 0 bridgehead atoms. The van der Waals surface area contributed by atoms with Crippen LogP contribution in [0.2, 0.25) is 0 Å². The van der Waals surface area contributed by atoms with Crippen molar-refractivity contribution in [3.63, 3.8) is 0 Å². The fourth-order valence-electron chi connectivity index (χ4n) is 4.53. The molecule has 1 unspecified atom stereocenters. The van der Waals surface area contributed by atoms with Crippen molar-refractivity contribution in [2.24, 2.45) is 5.92 Å². The van der Waals surface area contributed by atoms with Crippen LogP contribution in [0.1, 0.15) is 54.1 Å². The molecule has 1 aromatic carbocycles. The molecule has 2 aromatic rings. The van der Waals surface area contributed by atoms with Gasteiger partial charge in [0.1, 0.15) is 11.4 Å².